The summed E-state index contributed by atoms with van der Waals surface area (Å²) in [6, 6.07) is 9.68. The maximum atomic E-state index is 12.2. The molecule has 0 fully saturated rings. The minimum atomic E-state index is -0.163. The molecule has 0 atom stereocenters. The molecule has 4 rings (SSSR count). The molecule has 0 saturated heterocycles. The van der Waals surface area contributed by atoms with Gasteiger partial charge in [-0.25, -0.2) is 9.67 Å². The molecule has 3 aromatic heterocycles. The standard InChI is InChI=1S/C16H13N5OS/c22-15(17-9-13-11-20-6-7-23-16(20)19-13)12-8-18-21(10-12)14-4-2-1-3-5-14/h1-8,10-11H,9H2,(H,17,22). The van der Waals surface area contributed by atoms with E-state index in [9.17, 15) is 4.79 Å². The van der Waals surface area contributed by atoms with Gasteiger partial charge < -0.3 is 5.32 Å². The molecule has 23 heavy (non-hydrogen) atoms. The van der Waals surface area contributed by atoms with Crippen LogP contribution in [0.1, 0.15) is 16.1 Å². The van der Waals surface area contributed by atoms with Gasteiger partial charge in [0.1, 0.15) is 0 Å². The van der Waals surface area contributed by atoms with Crippen LogP contribution in [0.4, 0.5) is 0 Å². The zero-order chi connectivity index (χ0) is 15.6. The van der Waals surface area contributed by atoms with Gasteiger partial charge in [-0.05, 0) is 12.1 Å². The third-order valence-corrected chi connectivity index (χ3v) is 4.21. The maximum Gasteiger partial charge on any atom is 0.254 e. The Morgan fingerprint density at radius 2 is 2.09 bits per heavy atom. The molecule has 0 radical (unpaired) electrons. The van der Waals surface area contributed by atoms with Crippen LogP contribution < -0.4 is 5.32 Å². The van der Waals surface area contributed by atoms with Gasteiger partial charge in [0.05, 0.1) is 29.7 Å². The first-order valence-corrected chi connectivity index (χ1v) is 7.97. The molecule has 0 saturated carbocycles. The third-order valence-electron chi connectivity index (χ3n) is 3.44. The van der Waals surface area contributed by atoms with E-state index in [1.807, 2.05) is 52.5 Å². The molecule has 0 aliphatic carbocycles. The molecule has 0 bridgehead atoms. The average Bonchev–Trinajstić information content (AvgIpc) is 3.29. The van der Waals surface area contributed by atoms with Gasteiger partial charge in [-0.3, -0.25) is 9.20 Å². The fourth-order valence-electron chi connectivity index (χ4n) is 2.30. The predicted octanol–water partition coefficient (Wildman–Crippen LogP) is 2.51. The van der Waals surface area contributed by atoms with Gasteiger partial charge in [-0.15, -0.1) is 11.3 Å². The summed E-state index contributed by atoms with van der Waals surface area (Å²) in [6.07, 6.45) is 7.15. The Labute approximate surface area is 136 Å². The minimum absolute atomic E-state index is 0.163. The molecule has 114 valence electrons. The van der Waals surface area contributed by atoms with Crippen LogP contribution in [0.3, 0.4) is 0 Å². The second kappa shape index (κ2) is 5.69. The van der Waals surface area contributed by atoms with E-state index in [1.165, 1.54) is 0 Å². The topological polar surface area (TPSA) is 64.2 Å². The summed E-state index contributed by atoms with van der Waals surface area (Å²) in [7, 11) is 0. The molecule has 7 heteroatoms. The van der Waals surface area contributed by atoms with Crippen molar-refractivity contribution in [3.8, 4) is 5.69 Å². The van der Waals surface area contributed by atoms with Crippen LogP contribution in [0, 0.1) is 0 Å². The SMILES string of the molecule is O=C(NCc1cn2ccsc2n1)c1cnn(-c2ccccc2)c1. The molecule has 1 amide bonds. The number of carbonyl (C=O) groups is 1. The summed E-state index contributed by atoms with van der Waals surface area (Å²) >= 11 is 1.57. The Hall–Kier alpha value is -2.93. The van der Waals surface area contributed by atoms with Crippen molar-refractivity contribution in [1.29, 1.82) is 0 Å². The van der Waals surface area contributed by atoms with Crippen LogP contribution in [0.25, 0.3) is 10.6 Å². The van der Waals surface area contributed by atoms with E-state index >= 15 is 0 Å². The number of amides is 1. The zero-order valence-corrected chi connectivity index (χ0v) is 12.9. The van der Waals surface area contributed by atoms with Crippen molar-refractivity contribution in [2.45, 2.75) is 6.54 Å². The van der Waals surface area contributed by atoms with Gasteiger partial charge in [0.2, 0.25) is 0 Å². The van der Waals surface area contributed by atoms with Crippen molar-refractivity contribution in [2.24, 2.45) is 0 Å². The highest BCUT2D eigenvalue weighted by atomic mass is 32.1. The number of hydrogen-bond acceptors (Lipinski definition) is 4. The summed E-state index contributed by atoms with van der Waals surface area (Å²) < 4.78 is 3.63. The number of carbonyl (C=O) groups excluding carboxylic acids is 1. The fourth-order valence-corrected chi connectivity index (χ4v) is 3.02. The lowest BCUT2D eigenvalue weighted by molar-refractivity contribution is 0.0950. The zero-order valence-electron chi connectivity index (χ0n) is 12.1. The first-order valence-electron chi connectivity index (χ1n) is 7.09. The summed E-state index contributed by atoms with van der Waals surface area (Å²) in [5.74, 6) is -0.163. The molecule has 1 N–H and O–H groups in total. The van der Waals surface area contributed by atoms with Crippen LogP contribution in [0.2, 0.25) is 0 Å². The Morgan fingerprint density at radius 1 is 1.22 bits per heavy atom. The van der Waals surface area contributed by atoms with Crippen molar-refractivity contribution in [3.05, 3.63) is 71.8 Å². The maximum absolute atomic E-state index is 12.2. The number of benzene rings is 1. The van der Waals surface area contributed by atoms with Gasteiger partial charge in [0.15, 0.2) is 4.96 Å². The van der Waals surface area contributed by atoms with Crippen LogP contribution in [-0.4, -0.2) is 25.1 Å². The Kier molecular flexibility index (Phi) is 3.39. The molecule has 6 nitrogen and oxygen atoms in total. The number of aromatic nitrogens is 4. The number of hydrogen-bond donors (Lipinski definition) is 1. The second-order valence-corrected chi connectivity index (χ2v) is 5.89. The quantitative estimate of drug-likeness (QED) is 0.627. The average molecular weight is 323 g/mol. The number of rotatable bonds is 4. The molecule has 0 unspecified atom stereocenters. The Balaban J connectivity index is 1.45. The van der Waals surface area contributed by atoms with E-state index in [0.717, 1.165) is 16.3 Å². The smallest absolute Gasteiger partial charge is 0.254 e. The summed E-state index contributed by atoms with van der Waals surface area (Å²) in [4.78, 5) is 17.6. The molecule has 3 heterocycles. The molecular formula is C16H13N5OS. The van der Waals surface area contributed by atoms with Gasteiger partial charge in [-0.1, -0.05) is 18.2 Å². The second-order valence-electron chi connectivity index (χ2n) is 5.02. The van der Waals surface area contributed by atoms with E-state index in [1.54, 1.807) is 28.4 Å². The van der Waals surface area contributed by atoms with E-state index in [4.69, 9.17) is 0 Å². The van der Waals surface area contributed by atoms with Crippen molar-refractivity contribution in [2.75, 3.05) is 0 Å². The van der Waals surface area contributed by atoms with Gasteiger partial charge in [-0.2, -0.15) is 5.10 Å². The Bertz CT molecular complexity index is 925. The highest BCUT2D eigenvalue weighted by molar-refractivity contribution is 7.15. The largest absolute Gasteiger partial charge is 0.346 e. The van der Waals surface area contributed by atoms with Crippen molar-refractivity contribution in [3.63, 3.8) is 0 Å². The third kappa shape index (κ3) is 2.74. The van der Waals surface area contributed by atoms with E-state index < -0.39 is 0 Å². The van der Waals surface area contributed by atoms with Crippen molar-refractivity contribution >= 4 is 22.2 Å². The van der Waals surface area contributed by atoms with E-state index in [2.05, 4.69) is 15.4 Å². The molecule has 0 aliphatic heterocycles. The van der Waals surface area contributed by atoms with Crippen LogP contribution in [-0.2, 0) is 6.54 Å². The number of nitrogens with zero attached hydrogens (tertiary/aromatic N) is 4. The predicted molar refractivity (Wildman–Crippen MR) is 87.8 cm³/mol. The summed E-state index contributed by atoms with van der Waals surface area (Å²) in [5, 5.41) is 9.07. The molecule has 0 spiro atoms. The van der Waals surface area contributed by atoms with E-state index in [-0.39, 0.29) is 5.91 Å². The summed E-state index contributed by atoms with van der Waals surface area (Å²) in [5.41, 5.74) is 2.27. The molecular weight excluding hydrogens is 310 g/mol. The monoisotopic (exact) mass is 323 g/mol. The number of nitrogens with one attached hydrogen (secondary N) is 1. The first kappa shape index (κ1) is 13.7. The lowest BCUT2D eigenvalue weighted by Crippen LogP contribution is -2.22. The molecule has 0 aliphatic rings. The highest BCUT2D eigenvalue weighted by Crippen LogP contribution is 2.11. The number of fused-ring (bicyclic) bond motifs is 1. The van der Waals surface area contributed by atoms with Gasteiger partial charge in [0, 0.05) is 24.0 Å². The number of thiazole rings is 1. The molecule has 4 aromatic rings. The van der Waals surface area contributed by atoms with Crippen molar-refractivity contribution < 1.29 is 4.79 Å². The van der Waals surface area contributed by atoms with Crippen molar-refractivity contribution in [1.82, 2.24) is 24.5 Å². The minimum Gasteiger partial charge on any atom is -0.346 e. The lowest BCUT2D eigenvalue weighted by atomic mass is 10.3. The van der Waals surface area contributed by atoms with Gasteiger partial charge >= 0.3 is 0 Å². The first-order chi connectivity index (χ1) is 11.3. The number of para-hydroxylation sites is 1. The van der Waals surface area contributed by atoms with Crippen LogP contribution in [0.5, 0.6) is 0 Å². The fraction of sp³-hybridized carbons (Fsp3) is 0.0625. The Morgan fingerprint density at radius 3 is 2.91 bits per heavy atom. The number of imidazole rings is 1. The van der Waals surface area contributed by atoms with Crippen LogP contribution in [0.15, 0.2) is 60.5 Å². The van der Waals surface area contributed by atoms with Gasteiger partial charge in [0.25, 0.3) is 5.91 Å². The summed E-state index contributed by atoms with van der Waals surface area (Å²) in [6.45, 7) is 0.393. The van der Waals surface area contributed by atoms with Crippen LogP contribution >= 0.6 is 11.3 Å². The lowest BCUT2D eigenvalue weighted by Gasteiger charge is -2.01. The normalized spacial score (nSPS) is 11.0. The highest BCUT2D eigenvalue weighted by Gasteiger charge is 2.10. The van der Waals surface area contributed by atoms with E-state index in [0.29, 0.717) is 12.1 Å². The molecule has 1 aromatic carbocycles.